The Balaban J connectivity index is 0.00000192. The normalized spacial score (nSPS) is 26.0. The number of amides is 2. The van der Waals surface area contributed by atoms with Crippen LogP contribution < -0.4 is 5.73 Å². The fraction of sp³-hybridized carbons (Fsp3) is 0.529. The number of carbonyl (C=O) groups is 2. The van der Waals surface area contributed by atoms with Crippen molar-refractivity contribution in [1.82, 2.24) is 9.80 Å². The summed E-state index contributed by atoms with van der Waals surface area (Å²) in [6.45, 7) is 5.92. The number of hydrogen-bond acceptors (Lipinski definition) is 3. The van der Waals surface area contributed by atoms with Gasteiger partial charge in [-0.15, -0.1) is 12.4 Å². The van der Waals surface area contributed by atoms with Crippen molar-refractivity contribution < 1.29 is 9.59 Å². The van der Waals surface area contributed by atoms with Crippen LogP contribution in [0.5, 0.6) is 0 Å². The largest absolute Gasteiger partial charge is 0.341 e. The fourth-order valence-corrected chi connectivity index (χ4v) is 4.02. The smallest absolute Gasteiger partial charge is 0.236 e. The Morgan fingerprint density at radius 3 is 2.52 bits per heavy atom. The van der Waals surface area contributed by atoms with Crippen molar-refractivity contribution in [3.63, 3.8) is 0 Å². The van der Waals surface area contributed by atoms with Crippen molar-refractivity contribution >= 4 is 24.2 Å². The average Bonchev–Trinajstić information content (AvgIpc) is 3.04. The second-order valence-electron chi connectivity index (χ2n) is 6.40. The average molecular weight is 338 g/mol. The summed E-state index contributed by atoms with van der Waals surface area (Å²) in [5.74, 6) is 0.774. The number of halogens is 1. The molecule has 6 heteroatoms. The lowest BCUT2D eigenvalue weighted by Gasteiger charge is -2.30. The van der Waals surface area contributed by atoms with E-state index in [0.717, 1.165) is 6.54 Å². The van der Waals surface area contributed by atoms with Crippen molar-refractivity contribution in [2.45, 2.75) is 19.9 Å². The van der Waals surface area contributed by atoms with Gasteiger partial charge in [0.2, 0.25) is 11.8 Å². The van der Waals surface area contributed by atoms with Crippen LogP contribution in [0.2, 0.25) is 0 Å². The van der Waals surface area contributed by atoms with Crippen molar-refractivity contribution in [3.8, 4) is 0 Å². The zero-order chi connectivity index (χ0) is 15.9. The van der Waals surface area contributed by atoms with E-state index >= 15 is 0 Å². The second-order valence-corrected chi connectivity index (χ2v) is 6.40. The Hall–Kier alpha value is -1.59. The van der Waals surface area contributed by atoms with Gasteiger partial charge < -0.3 is 15.5 Å². The van der Waals surface area contributed by atoms with E-state index in [0.29, 0.717) is 24.9 Å². The molecular weight excluding hydrogens is 314 g/mol. The Kier molecular flexibility index (Phi) is 5.32. The molecule has 3 atom stereocenters. The summed E-state index contributed by atoms with van der Waals surface area (Å²) in [6, 6.07) is 8.29. The van der Waals surface area contributed by atoms with Crippen LogP contribution in [0, 0.1) is 18.8 Å². The number of nitrogens with two attached hydrogens (primary N) is 1. The predicted octanol–water partition coefficient (Wildman–Crippen LogP) is 1.35. The van der Waals surface area contributed by atoms with Gasteiger partial charge in [0, 0.05) is 38.4 Å². The highest BCUT2D eigenvalue weighted by Crippen LogP contribution is 2.45. The molecule has 2 saturated heterocycles. The standard InChI is InChI=1S/C17H23N3O2.ClH/c1-11-5-3-4-6-14(11)17-15-10-19(16(22)7-18)8-13(15)9-20(17)12(2)21;/h3-6,13,15,17H,7-10,18H2,1-2H3;1H/t13-,15-,17+;/m1./s1. The third kappa shape index (κ3) is 3.08. The van der Waals surface area contributed by atoms with Crippen LogP contribution in [0.4, 0.5) is 0 Å². The molecule has 1 aromatic carbocycles. The van der Waals surface area contributed by atoms with E-state index < -0.39 is 0 Å². The van der Waals surface area contributed by atoms with Crippen LogP contribution in [0.3, 0.4) is 0 Å². The molecule has 0 spiro atoms. The Morgan fingerprint density at radius 1 is 1.22 bits per heavy atom. The molecular formula is C17H24ClN3O2. The van der Waals surface area contributed by atoms with Crippen molar-refractivity contribution in [1.29, 1.82) is 0 Å². The zero-order valence-electron chi connectivity index (χ0n) is 13.6. The molecule has 23 heavy (non-hydrogen) atoms. The lowest BCUT2D eigenvalue weighted by Crippen LogP contribution is -2.38. The maximum absolute atomic E-state index is 12.1. The van der Waals surface area contributed by atoms with Crippen molar-refractivity contribution in [3.05, 3.63) is 35.4 Å². The molecule has 0 saturated carbocycles. The van der Waals surface area contributed by atoms with Crippen LogP contribution in [0.25, 0.3) is 0 Å². The number of hydrogen-bond donors (Lipinski definition) is 1. The molecule has 2 heterocycles. The van der Waals surface area contributed by atoms with Gasteiger partial charge >= 0.3 is 0 Å². The van der Waals surface area contributed by atoms with E-state index in [1.54, 1.807) is 6.92 Å². The Morgan fingerprint density at radius 2 is 1.91 bits per heavy atom. The van der Waals surface area contributed by atoms with E-state index in [-0.39, 0.29) is 36.8 Å². The predicted molar refractivity (Wildman–Crippen MR) is 91.2 cm³/mol. The van der Waals surface area contributed by atoms with Crippen LogP contribution in [-0.2, 0) is 9.59 Å². The molecule has 2 amide bonds. The second kappa shape index (κ2) is 6.89. The molecule has 0 aliphatic carbocycles. The number of rotatable bonds is 2. The summed E-state index contributed by atoms with van der Waals surface area (Å²) in [4.78, 5) is 27.8. The maximum atomic E-state index is 12.1. The zero-order valence-corrected chi connectivity index (χ0v) is 14.4. The Bertz CT molecular complexity index is 607. The molecule has 0 unspecified atom stereocenters. The molecule has 2 aliphatic rings. The van der Waals surface area contributed by atoms with Crippen LogP contribution in [0.1, 0.15) is 24.1 Å². The lowest BCUT2D eigenvalue weighted by atomic mass is 9.87. The number of likely N-dealkylation sites (tertiary alicyclic amines) is 2. The summed E-state index contributed by atoms with van der Waals surface area (Å²) in [5, 5.41) is 0. The number of benzene rings is 1. The monoisotopic (exact) mass is 337 g/mol. The van der Waals surface area contributed by atoms with Crippen molar-refractivity contribution in [2.75, 3.05) is 26.2 Å². The maximum Gasteiger partial charge on any atom is 0.236 e. The van der Waals surface area contributed by atoms with E-state index in [1.165, 1.54) is 11.1 Å². The molecule has 1 aromatic rings. The van der Waals surface area contributed by atoms with Gasteiger partial charge in [-0.3, -0.25) is 9.59 Å². The van der Waals surface area contributed by atoms with Crippen molar-refractivity contribution in [2.24, 2.45) is 17.6 Å². The van der Waals surface area contributed by atoms with Gasteiger partial charge in [-0.1, -0.05) is 24.3 Å². The first-order chi connectivity index (χ1) is 10.5. The minimum atomic E-state index is 0. The molecule has 2 N–H and O–H groups in total. The highest BCUT2D eigenvalue weighted by Gasteiger charge is 2.49. The highest BCUT2D eigenvalue weighted by atomic mass is 35.5. The van der Waals surface area contributed by atoms with Gasteiger partial charge in [0.05, 0.1) is 12.6 Å². The van der Waals surface area contributed by atoms with Gasteiger partial charge in [0.15, 0.2) is 0 Å². The molecule has 0 bridgehead atoms. The third-order valence-corrected chi connectivity index (χ3v) is 5.10. The molecule has 5 nitrogen and oxygen atoms in total. The van der Waals surface area contributed by atoms with E-state index in [9.17, 15) is 9.59 Å². The van der Waals surface area contributed by atoms with E-state index in [4.69, 9.17) is 5.73 Å². The molecule has 0 aromatic heterocycles. The quantitative estimate of drug-likeness (QED) is 0.886. The van der Waals surface area contributed by atoms with Crippen LogP contribution in [-0.4, -0.2) is 47.8 Å². The summed E-state index contributed by atoms with van der Waals surface area (Å²) in [5.41, 5.74) is 7.89. The van der Waals surface area contributed by atoms with Gasteiger partial charge in [-0.05, 0) is 18.1 Å². The first-order valence-electron chi connectivity index (χ1n) is 7.83. The van der Waals surface area contributed by atoms with E-state index in [1.807, 2.05) is 21.9 Å². The molecule has 2 aliphatic heterocycles. The first-order valence-corrected chi connectivity index (χ1v) is 7.83. The van der Waals surface area contributed by atoms with E-state index in [2.05, 4.69) is 19.1 Å². The Labute approximate surface area is 143 Å². The van der Waals surface area contributed by atoms with Gasteiger partial charge in [0.1, 0.15) is 0 Å². The molecule has 0 radical (unpaired) electrons. The number of fused-ring (bicyclic) bond motifs is 1. The van der Waals surface area contributed by atoms with Gasteiger partial charge in [-0.2, -0.15) is 0 Å². The topological polar surface area (TPSA) is 66.6 Å². The highest BCUT2D eigenvalue weighted by molar-refractivity contribution is 5.85. The van der Waals surface area contributed by atoms with Gasteiger partial charge in [-0.25, -0.2) is 0 Å². The number of nitrogens with zero attached hydrogens (tertiary/aromatic N) is 2. The molecule has 2 fully saturated rings. The number of aryl methyl sites for hydroxylation is 1. The molecule has 3 rings (SSSR count). The lowest BCUT2D eigenvalue weighted by molar-refractivity contribution is -0.131. The minimum Gasteiger partial charge on any atom is -0.341 e. The molecule has 126 valence electrons. The van der Waals surface area contributed by atoms with Gasteiger partial charge in [0.25, 0.3) is 0 Å². The number of carbonyl (C=O) groups excluding carboxylic acids is 2. The third-order valence-electron chi connectivity index (χ3n) is 5.10. The summed E-state index contributed by atoms with van der Waals surface area (Å²) >= 11 is 0. The SMILES string of the molecule is CC(=O)N1C[C@H]2CN(C(=O)CN)C[C@H]2[C@@H]1c1ccccc1C.Cl. The minimum absolute atomic E-state index is 0. The first kappa shape index (κ1) is 17.8. The summed E-state index contributed by atoms with van der Waals surface area (Å²) in [7, 11) is 0. The fourth-order valence-electron chi connectivity index (χ4n) is 4.02. The summed E-state index contributed by atoms with van der Waals surface area (Å²) in [6.07, 6.45) is 0. The summed E-state index contributed by atoms with van der Waals surface area (Å²) < 4.78 is 0. The van der Waals surface area contributed by atoms with Crippen LogP contribution >= 0.6 is 12.4 Å². The van der Waals surface area contributed by atoms with Crippen LogP contribution in [0.15, 0.2) is 24.3 Å².